The molecule has 0 amide bonds. The van der Waals surface area contributed by atoms with Gasteiger partial charge in [0.15, 0.2) is 0 Å². The molecular formula is C11H13ClF3N3. The summed E-state index contributed by atoms with van der Waals surface area (Å²) in [5.74, 6) is 0.618. The molecule has 1 aliphatic rings. The summed E-state index contributed by atoms with van der Waals surface area (Å²) in [6, 6.07) is 0. The van der Waals surface area contributed by atoms with Crippen LogP contribution in [0.25, 0.3) is 0 Å². The lowest BCUT2D eigenvalue weighted by atomic mass is 10.2. The monoisotopic (exact) mass is 279 g/mol. The Morgan fingerprint density at radius 1 is 1.33 bits per heavy atom. The second-order valence-electron chi connectivity index (χ2n) is 4.46. The Labute approximate surface area is 108 Å². The quantitative estimate of drug-likeness (QED) is 0.861. The standard InChI is InChI=1S/C11H13ClF3N3/c1-3-7-16-8(12)6(2)9(17-7)18-10(4-5-10)11(13,14)15/h3-5H2,1-2H3,(H,16,17,18). The van der Waals surface area contributed by atoms with E-state index in [0.717, 1.165) is 0 Å². The number of rotatable bonds is 3. The molecule has 1 fully saturated rings. The maximum Gasteiger partial charge on any atom is 0.411 e. The molecule has 1 aliphatic carbocycles. The number of anilines is 1. The molecule has 1 heterocycles. The Balaban J connectivity index is 2.32. The lowest BCUT2D eigenvalue weighted by molar-refractivity contribution is -0.151. The van der Waals surface area contributed by atoms with Gasteiger partial charge in [0, 0.05) is 12.0 Å². The summed E-state index contributed by atoms with van der Waals surface area (Å²) < 4.78 is 38.6. The van der Waals surface area contributed by atoms with Crippen molar-refractivity contribution in [3.05, 3.63) is 16.5 Å². The fourth-order valence-electron chi connectivity index (χ4n) is 1.64. The van der Waals surface area contributed by atoms with Crippen LogP contribution in [0.15, 0.2) is 0 Å². The Morgan fingerprint density at radius 2 is 1.94 bits per heavy atom. The van der Waals surface area contributed by atoms with Gasteiger partial charge in [-0.25, -0.2) is 9.97 Å². The van der Waals surface area contributed by atoms with Crippen LogP contribution in [0.3, 0.4) is 0 Å². The highest BCUT2D eigenvalue weighted by molar-refractivity contribution is 6.30. The Morgan fingerprint density at radius 3 is 2.39 bits per heavy atom. The van der Waals surface area contributed by atoms with Crippen LogP contribution in [0.5, 0.6) is 0 Å². The smallest absolute Gasteiger partial charge is 0.356 e. The maximum atomic E-state index is 12.9. The highest BCUT2D eigenvalue weighted by atomic mass is 35.5. The predicted molar refractivity (Wildman–Crippen MR) is 62.8 cm³/mol. The predicted octanol–water partition coefficient (Wildman–Crippen LogP) is 3.51. The molecule has 7 heteroatoms. The fraction of sp³-hybridized carbons (Fsp3) is 0.636. The highest BCUT2D eigenvalue weighted by Crippen LogP contribution is 2.51. The first kappa shape index (κ1) is 13.4. The van der Waals surface area contributed by atoms with Gasteiger partial charge >= 0.3 is 6.18 Å². The number of aryl methyl sites for hydroxylation is 1. The van der Waals surface area contributed by atoms with Crippen molar-refractivity contribution >= 4 is 17.4 Å². The van der Waals surface area contributed by atoms with Gasteiger partial charge in [-0.2, -0.15) is 13.2 Å². The van der Waals surface area contributed by atoms with E-state index in [4.69, 9.17) is 11.6 Å². The van der Waals surface area contributed by atoms with E-state index in [9.17, 15) is 13.2 Å². The summed E-state index contributed by atoms with van der Waals surface area (Å²) >= 11 is 5.89. The van der Waals surface area contributed by atoms with Crippen molar-refractivity contribution in [1.82, 2.24) is 9.97 Å². The lowest BCUT2D eigenvalue weighted by Crippen LogP contribution is -2.39. The summed E-state index contributed by atoms with van der Waals surface area (Å²) in [6.07, 6.45) is -3.62. The van der Waals surface area contributed by atoms with Crippen LogP contribution >= 0.6 is 11.6 Å². The molecule has 2 rings (SSSR count). The molecule has 18 heavy (non-hydrogen) atoms. The molecule has 0 spiro atoms. The van der Waals surface area contributed by atoms with Crippen molar-refractivity contribution in [2.24, 2.45) is 0 Å². The summed E-state index contributed by atoms with van der Waals surface area (Å²) in [4.78, 5) is 8.08. The summed E-state index contributed by atoms with van der Waals surface area (Å²) in [7, 11) is 0. The van der Waals surface area contributed by atoms with E-state index in [1.165, 1.54) is 0 Å². The minimum atomic E-state index is -4.27. The Hall–Kier alpha value is -1.04. The van der Waals surface area contributed by atoms with Gasteiger partial charge < -0.3 is 5.32 Å². The number of nitrogens with zero attached hydrogens (tertiary/aromatic N) is 2. The second kappa shape index (κ2) is 4.26. The number of hydrogen-bond donors (Lipinski definition) is 1. The van der Waals surface area contributed by atoms with Crippen LogP contribution in [0.1, 0.15) is 31.2 Å². The normalized spacial score (nSPS) is 17.7. The van der Waals surface area contributed by atoms with E-state index in [-0.39, 0.29) is 23.8 Å². The van der Waals surface area contributed by atoms with Crippen LogP contribution in [0, 0.1) is 6.92 Å². The number of aromatic nitrogens is 2. The topological polar surface area (TPSA) is 37.8 Å². The third-order valence-electron chi connectivity index (χ3n) is 3.10. The van der Waals surface area contributed by atoms with Crippen molar-refractivity contribution in [3.8, 4) is 0 Å². The van der Waals surface area contributed by atoms with Crippen LogP contribution in [-0.4, -0.2) is 21.7 Å². The van der Waals surface area contributed by atoms with Crippen LogP contribution in [-0.2, 0) is 6.42 Å². The van der Waals surface area contributed by atoms with E-state index in [2.05, 4.69) is 15.3 Å². The first-order valence-corrected chi connectivity index (χ1v) is 6.05. The molecule has 1 saturated carbocycles. The van der Waals surface area contributed by atoms with Crippen LogP contribution in [0.4, 0.5) is 19.0 Å². The molecule has 0 bridgehead atoms. The first-order chi connectivity index (χ1) is 8.29. The average Bonchev–Trinajstić information content (AvgIpc) is 3.04. The Kier molecular flexibility index (Phi) is 3.17. The molecule has 0 atom stereocenters. The van der Waals surface area contributed by atoms with Crippen molar-refractivity contribution in [1.29, 1.82) is 0 Å². The van der Waals surface area contributed by atoms with Gasteiger partial charge in [0.05, 0.1) is 0 Å². The largest absolute Gasteiger partial charge is 0.411 e. The van der Waals surface area contributed by atoms with Crippen LogP contribution < -0.4 is 5.32 Å². The minimum absolute atomic E-state index is 0.0685. The zero-order valence-electron chi connectivity index (χ0n) is 10.0. The van der Waals surface area contributed by atoms with Crippen molar-refractivity contribution in [2.75, 3.05) is 5.32 Å². The van der Waals surface area contributed by atoms with Crippen molar-refractivity contribution in [3.63, 3.8) is 0 Å². The highest BCUT2D eigenvalue weighted by Gasteiger charge is 2.63. The molecule has 0 radical (unpaired) electrons. The second-order valence-corrected chi connectivity index (χ2v) is 4.82. The number of alkyl halides is 3. The van der Waals surface area contributed by atoms with Gasteiger partial charge in [0.2, 0.25) is 0 Å². The van der Waals surface area contributed by atoms with Gasteiger partial charge in [-0.1, -0.05) is 18.5 Å². The average molecular weight is 280 g/mol. The zero-order chi connectivity index (χ0) is 13.6. The molecular weight excluding hydrogens is 267 g/mol. The first-order valence-electron chi connectivity index (χ1n) is 5.67. The molecule has 0 aromatic carbocycles. The number of hydrogen-bond acceptors (Lipinski definition) is 3. The lowest BCUT2D eigenvalue weighted by Gasteiger charge is -2.22. The zero-order valence-corrected chi connectivity index (χ0v) is 10.8. The summed E-state index contributed by atoms with van der Waals surface area (Å²) in [6.45, 7) is 3.43. The molecule has 3 nitrogen and oxygen atoms in total. The van der Waals surface area contributed by atoms with Gasteiger partial charge in [-0.3, -0.25) is 0 Å². The number of halogens is 4. The number of nitrogens with one attached hydrogen (secondary N) is 1. The molecule has 0 unspecified atom stereocenters. The maximum absolute atomic E-state index is 12.9. The van der Waals surface area contributed by atoms with Crippen LogP contribution in [0.2, 0.25) is 5.15 Å². The third-order valence-corrected chi connectivity index (χ3v) is 3.47. The fourth-order valence-corrected chi connectivity index (χ4v) is 1.83. The van der Waals surface area contributed by atoms with E-state index < -0.39 is 11.7 Å². The van der Waals surface area contributed by atoms with E-state index >= 15 is 0 Å². The summed E-state index contributed by atoms with van der Waals surface area (Å²) in [5, 5.41) is 2.69. The molecule has 0 aliphatic heterocycles. The molecule has 0 saturated heterocycles. The molecule has 100 valence electrons. The van der Waals surface area contributed by atoms with E-state index in [0.29, 0.717) is 17.8 Å². The third kappa shape index (κ3) is 2.25. The minimum Gasteiger partial charge on any atom is -0.356 e. The molecule has 1 aromatic heterocycles. The van der Waals surface area contributed by atoms with Crippen molar-refractivity contribution < 1.29 is 13.2 Å². The van der Waals surface area contributed by atoms with E-state index in [1.54, 1.807) is 6.92 Å². The summed E-state index contributed by atoms with van der Waals surface area (Å²) in [5.41, 5.74) is -1.38. The SMILES string of the molecule is CCc1nc(Cl)c(C)c(NC2(C(F)(F)F)CC2)n1. The van der Waals surface area contributed by atoms with Crippen molar-refractivity contribution in [2.45, 2.75) is 44.8 Å². The van der Waals surface area contributed by atoms with E-state index in [1.807, 2.05) is 6.92 Å². The van der Waals surface area contributed by atoms with Gasteiger partial charge in [0.1, 0.15) is 22.3 Å². The van der Waals surface area contributed by atoms with Gasteiger partial charge in [-0.15, -0.1) is 0 Å². The van der Waals surface area contributed by atoms with Gasteiger partial charge in [-0.05, 0) is 19.8 Å². The molecule has 1 N–H and O–H groups in total. The molecule has 1 aromatic rings. The van der Waals surface area contributed by atoms with Gasteiger partial charge in [0.25, 0.3) is 0 Å². The Bertz CT molecular complexity index is 469.